The fourth-order valence-electron chi connectivity index (χ4n) is 1.08. The van der Waals surface area contributed by atoms with Gasteiger partial charge >= 0.3 is 0 Å². The fraction of sp³-hybridized carbons (Fsp3) is 0.143. The first-order valence-corrected chi connectivity index (χ1v) is 4.58. The summed E-state index contributed by atoms with van der Waals surface area (Å²) in [6.07, 6.45) is 2.99. The van der Waals surface area contributed by atoms with Crippen LogP contribution in [-0.4, -0.2) is 31.0 Å². The van der Waals surface area contributed by atoms with E-state index >= 15 is 0 Å². The summed E-state index contributed by atoms with van der Waals surface area (Å²) in [5, 5.41) is 13.7. The minimum atomic E-state index is -0.168. The minimum Gasteiger partial charge on any atom is -0.287 e. The summed E-state index contributed by atoms with van der Waals surface area (Å²) in [5.74, 6) is -0.168. The molecule has 0 saturated carbocycles. The van der Waals surface area contributed by atoms with Crippen LogP contribution < -0.4 is 0 Å². The molecule has 1 N–H and O–H groups in total. The molecular formula is C7H6BrN5O. The number of carbonyl (C=O) groups is 1. The Kier molecular flexibility index (Phi) is 2.16. The van der Waals surface area contributed by atoms with E-state index in [-0.39, 0.29) is 5.78 Å². The maximum absolute atomic E-state index is 11.8. The van der Waals surface area contributed by atoms with Gasteiger partial charge in [-0.1, -0.05) is 5.21 Å². The van der Waals surface area contributed by atoms with E-state index in [0.717, 1.165) is 0 Å². The summed E-state index contributed by atoms with van der Waals surface area (Å²) in [6.45, 7) is 0. The predicted octanol–water partition coefficient (Wildman–Crippen LogP) is 0.532. The molecule has 0 unspecified atom stereocenters. The molecule has 7 heteroatoms. The molecule has 2 rings (SSSR count). The number of hydrogen-bond donors (Lipinski definition) is 1. The lowest BCUT2D eigenvalue weighted by Crippen LogP contribution is -2.08. The van der Waals surface area contributed by atoms with Crippen LogP contribution in [0.1, 0.15) is 16.1 Å². The van der Waals surface area contributed by atoms with Gasteiger partial charge in [0.05, 0.1) is 11.8 Å². The van der Waals surface area contributed by atoms with Crippen molar-refractivity contribution in [2.24, 2.45) is 7.05 Å². The molecule has 0 aromatic carbocycles. The Morgan fingerprint density at radius 1 is 1.64 bits per heavy atom. The van der Waals surface area contributed by atoms with Crippen molar-refractivity contribution in [3.63, 3.8) is 0 Å². The molecule has 0 radical (unpaired) electrons. The smallest absolute Gasteiger partial charge is 0.217 e. The standard InChI is InChI=1S/C7H6BrN5O/c1-13-5(7(8)11-12-13)6(14)4-2-9-10-3-4/h2-3H,1H3,(H,9,10). The third kappa shape index (κ3) is 1.35. The van der Waals surface area contributed by atoms with E-state index in [4.69, 9.17) is 0 Å². The number of rotatable bonds is 2. The van der Waals surface area contributed by atoms with Crippen molar-refractivity contribution in [3.8, 4) is 0 Å². The highest BCUT2D eigenvalue weighted by Crippen LogP contribution is 2.15. The highest BCUT2D eigenvalue weighted by molar-refractivity contribution is 9.10. The molecule has 2 heterocycles. The van der Waals surface area contributed by atoms with Crippen LogP contribution in [0.25, 0.3) is 0 Å². The molecule has 14 heavy (non-hydrogen) atoms. The second-order valence-corrected chi connectivity index (χ2v) is 3.42. The summed E-state index contributed by atoms with van der Waals surface area (Å²) >= 11 is 3.16. The molecule has 72 valence electrons. The van der Waals surface area contributed by atoms with Gasteiger partial charge in [-0.2, -0.15) is 5.10 Å². The molecule has 0 spiro atoms. The van der Waals surface area contributed by atoms with Gasteiger partial charge in [0.2, 0.25) is 5.78 Å². The Labute approximate surface area is 87.4 Å². The van der Waals surface area contributed by atoms with E-state index in [1.807, 2.05) is 0 Å². The van der Waals surface area contributed by atoms with Crippen LogP contribution in [0.3, 0.4) is 0 Å². The number of H-pyrrole nitrogens is 1. The molecule has 2 aromatic heterocycles. The second kappa shape index (κ2) is 3.33. The maximum atomic E-state index is 11.8. The Morgan fingerprint density at radius 2 is 2.43 bits per heavy atom. The molecular weight excluding hydrogens is 250 g/mol. The average molecular weight is 256 g/mol. The Bertz CT molecular complexity index is 441. The number of carbonyl (C=O) groups excluding carboxylic acids is 1. The molecule has 0 aliphatic rings. The summed E-state index contributed by atoms with van der Waals surface area (Å²) in [6, 6.07) is 0. The van der Waals surface area contributed by atoms with E-state index in [1.54, 1.807) is 7.05 Å². The fourth-order valence-corrected chi connectivity index (χ4v) is 1.59. The SMILES string of the molecule is Cn1nnc(Br)c1C(=O)c1cn[nH]c1. The third-order valence-corrected chi connectivity index (χ3v) is 2.30. The van der Waals surface area contributed by atoms with Gasteiger partial charge in [0.1, 0.15) is 5.69 Å². The molecule has 0 atom stereocenters. The van der Waals surface area contributed by atoms with Gasteiger partial charge in [0.15, 0.2) is 4.60 Å². The Balaban J connectivity index is 2.46. The molecule has 0 aliphatic heterocycles. The maximum Gasteiger partial charge on any atom is 0.217 e. The van der Waals surface area contributed by atoms with Crippen LogP contribution in [0.5, 0.6) is 0 Å². The van der Waals surface area contributed by atoms with Crippen molar-refractivity contribution in [1.82, 2.24) is 25.2 Å². The zero-order valence-corrected chi connectivity index (χ0v) is 8.82. The van der Waals surface area contributed by atoms with Crippen LogP contribution in [0.2, 0.25) is 0 Å². The van der Waals surface area contributed by atoms with Gasteiger partial charge in [-0.05, 0) is 15.9 Å². The zero-order chi connectivity index (χ0) is 10.1. The zero-order valence-electron chi connectivity index (χ0n) is 7.23. The Morgan fingerprint density at radius 3 is 2.93 bits per heavy atom. The van der Waals surface area contributed by atoms with Gasteiger partial charge in [-0.3, -0.25) is 9.89 Å². The van der Waals surface area contributed by atoms with Crippen LogP contribution in [-0.2, 0) is 7.05 Å². The van der Waals surface area contributed by atoms with E-state index in [2.05, 4.69) is 36.4 Å². The number of hydrogen-bond acceptors (Lipinski definition) is 4. The lowest BCUT2D eigenvalue weighted by Gasteiger charge is -1.96. The van der Waals surface area contributed by atoms with Crippen LogP contribution in [0.15, 0.2) is 17.0 Å². The van der Waals surface area contributed by atoms with E-state index in [9.17, 15) is 4.79 Å². The highest BCUT2D eigenvalue weighted by atomic mass is 79.9. The van der Waals surface area contributed by atoms with E-state index in [1.165, 1.54) is 17.1 Å². The van der Waals surface area contributed by atoms with Gasteiger partial charge in [0.25, 0.3) is 0 Å². The number of aryl methyl sites for hydroxylation is 1. The summed E-state index contributed by atoms with van der Waals surface area (Å²) in [7, 11) is 1.66. The lowest BCUT2D eigenvalue weighted by molar-refractivity contribution is 0.102. The minimum absolute atomic E-state index is 0.168. The predicted molar refractivity (Wildman–Crippen MR) is 50.7 cm³/mol. The monoisotopic (exact) mass is 255 g/mol. The van der Waals surface area contributed by atoms with Gasteiger partial charge < -0.3 is 0 Å². The van der Waals surface area contributed by atoms with Crippen molar-refractivity contribution in [3.05, 3.63) is 28.3 Å². The number of halogens is 1. The van der Waals surface area contributed by atoms with Crippen molar-refractivity contribution in [2.45, 2.75) is 0 Å². The molecule has 6 nitrogen and oxygen atoms in total. The van der Waals surface area contributed by atoms with Gasteiger partial charge in [-0.25, -0.2) is 4.68 Å². The number of ketones is 1. The largest absolute Gasteiger partial charge is 0.287 e. The van der Waals surface area contributed by atoms with Crippen molar-refractivity contribution in [2.75, 3.05) is 0 Å². The molecule has 0 fully saturated rings. The number of aromatic nitrogens is 5. The topological polar surface area (TPSA) is 76.5 Å². The van der Waals surface area contributed by atoms with E-state index < -0.39 is 0 Å². The number of aromatic amines is 1. The first-order valence-electron chi connectivity index (χ1n) is 3.79. The van der Waals surface area contributed by atoms with Gasteiger partial charge in [0, 0.05) is 13.2 Å². The molecule has 0 saturated heterocycles. The first kappa shape index (κ1) is 9.07. The van der Waals surface area contributed by atoms with Gasteiger partial charge in [-0.15, -0.1) is 5.10 Å². The lowest BCUT2D eigenvalue weighted by atomic mass is 10.2. The average Bonchev–Trinajstić information content (AvgIpc) is 2.75. The number of nitrogens with one attached hydrogen (secondary N) is 1. The first-order chi connectivity index (χ1) is 6.70. The molecule has 0 aliphatic carbocycles. The summed E-state index contributed by atoms with van der Waals surface area (Å²) < 4.78 is 1.85. The normalized spacial score (nSPS) is 10.4. The van der Waals surface area contributed by atoms with Crippen molar-refractivity contribution < 1.29 is 4.79 Å². The Hall–Kier alpha value is -1.50. The van der Waals surface area contributed by atoms with Crippen LogP contribution in [0, 0.1) is 0 Å². The third-order valence-electron chi connectivity index (χ3n) is 1.76. The molecule has 2 aromatic rings. The summed E-state index contributed by atoms with van der Waals surface area (Å²) in [4.78, 5) is 11.8. The van der Waals surface area contributed by atoms with E-state index in [0.29, 0.717) is 15.9 Å². The highest BCUT2D eigenvalue weighted by Gasteiger charge is 2.18. The summed E-state index contributed by atoms with van der Waals surface area (Å²) in [5.41, 5.74) is 0.891. The van der Waals surface area contributed by atoms with Crippen molar-refractivity contribution in [1.29, 1.82) is 0 Å². The van der Waals surface area contributed by atoms with Crippen molar-refractivity contribution >= 4 is 21.7 Å². The van der Waals surface area contributed by atoms with Crippen LogP contribution >= 0.6 is 15.9 Å². The quantitative estimate of drug-likeness (QED) is 0.795. The molecule has 0 bridgehead atoms. The molecule has 0 amide bonds. The second-order valence-electron chi connectivity index (χ2n) is 2.67. The van der Waals surface area contributed by atoms with Crippen LogP contribution in [0.4, 0.5) is 0 Å². The number of nitrogens with zero attached hydrogens (tertiary/aromatic N) is 4.